The number of aryl methyl sites for hydroxylation is 1. The maximum Gasteiger partial charge on any atom is 0.270 e. The molecule has 0 saturated heterocycles. The van der Waals surface area contributed by atoms with Crippen molar-refractivity contribution in [2.24, 2.45) is 0 Å². The van der Waals surface area contributed by atoms with E-state index in [1.54, 1.807) is 25.3 Å². The molecule has 22 heavy (non-hydrogen) atoms. The van der Waals surface area contributed by atoms with E-state index in [2.05, 4.69) is 25.8 Å². The lowest BCUT2D eigenvalue weighted by molar-refractivity contribution is 0.0922. The highest BCUT2D eigenvalue weighted by Gasteiger charge is 2.17. The average molecular weight is 301 g/mol. The lowest BCUT2D eigenvalue weighted by Crippen LogP contribution is -2.36. The molecule has 3 rings (SSSR count). The molecule has 116 valence electrons. The quantitative estimate of drug-likeness (QED) is 0.901. The first-order valence-corrected chi connectivity index (χ1v) is 7.55. The molecule has 2 heterocycles. The Morgan fingerprint density at radius 1 is 1.32 bits per heavy atom. The summed E-state index contributed by atoms with van der Waals surface area (Å²) in [6, 6.07) is 3.60. The molecule has 2 aromatic heterocycles. The zero-order valence-electron chi connectivity index (χ0n) is 12.5. The molecule has 1 fully saturated rings. The van der Waals surface area contributed by atoms with Crippen LogP contribution in [-0.2, 0) is 0 Å². The Balaban J connectivity index is 1.66. The van der Waals surface area contributed by atoms with Crippen molar-refractivity contribution in [3.05, 3.63) is 29.8 Å². The summed E-state index contributed by atoms with van der Waals surface area (Å²) in [5, 5.41) is 9.77. The fourth-order valence-electron chi connectivity index (χ4n) is 2.59. The second-order valence-electron chi connectivity index (χ2n) is 5.52. The second kappa shape index (κ2) is 6.55. The highest BCUT2D eigenvalue weighted by atomic mass is 16.5. The van der Waals surface area contributed by atoms with Gasteiger partial charge in [0.15, 0.2) is 5.82 Å². The van der Waals surface area contributed by atoms with Crippen molar-refractivity contribution in [2.75, 3.05) is 5.32 Å². The molecule has 2 N–H and O–H groups in total. The third kappa shape index (κ3) is 3.60. The lowest BCUT2D eigenvalue weighted by Gasteiger charge is -2.22. The van der Waals surface area contributed by atoms with Crippen molar-refractivity contribution in [1.29, 1.82) is 0 Å². The highest BCUT2D eigenvalue weighted by molar-refractivity contribution is 5.92. The number of rotatable bonds is 4. The standard InChI is InChI=1S/C15H19N5O2/c1-10-9-13(20-22-10)19-15-16-8-7-12(18-15)14(21)17-11-5-3-2-4-6-11/h7-9,11H,2-6H2,1H3,(H,17,21)(H,16,18,19,20). The average Bonchev–Trinajstić information content (AvgIpc) is 2.93. The number of aromatic nitrogens is 3. The Morgan fingerprint density at radius 2 is 2.14 bits per heavy atom. The van der Waals surface area contributed by atoms with Crippen molar-refractivity contribution in [3.63, 3.8) is 0 Å². The van der Waals surface area contributed by atoms with Crippen LogP contribution in [0, 0.1) is 6.92 Å². The van der Waals surface area contributed by atoms with Gasteiger partial charge in [-0.15, -0.1) is 0 Å². The first-order chi connectivity index (χ1) is 10.7. The first-order valence-electron chi connectivity index (χ1n) is 7.55. The Labute approximate surface area is 128 Å². The molecule has 2 aromatic rings. The maximum absolute atomic E-state index is 12.3. The topological polar surface area (TPSA) is 92.9 Å². The van der Waals surface area contributed by atoms with Gasteiger partial charge in [-0.3, -0.25) is 4.79 Å². The van der Waals surface area contributed by atoms with E-state index in [1.165, 1.54) is 19.3 Å². The Kier molecular flexibility index (Phi) is 4.32. The predicted molar refractivity (Wildman–Crippen MR) is 80.9 cm³/mol. The van der Waals surface area contributed by atoms with Gasteiger partial charge in [-0.2, -0.15) is 0 Å². The smallest absolute Gasteiger partial charge is 0.270 e. The van der Waals surface area contributed by atoms with Crippen molar-refractivity contribution < 1.29 is 9.32 Å². The summed E-state index contributed by atoms with van der Waals surface area (Å²) in [5.74, 6) is 1.37. The Bertz CT molecular complexity index is 649. The summed E-state index contributed by atoms with van der Waals surface area (Å²) in [4.78, 5) is 20.6. The zero-order chi connectivity index (χ0) is 15.4. The number of nitrogens with zero attached hydrogens (tertiary/aromatic N) is 3. The van der Waals surface area contributed by atoms with Gasteiger partial charge in [-0.1, -0.05) is 24.4 Å². The number of carbonyl (C=O) groups is 1. The number of hydrogen-bond donors (Lipinski definition) is 2. The van der Waals surface area contributed by atoms with E-state index in [0.717, 1.165) is 12.8 Å². The molecule has 0 bridgehead atoms. The van der Waals surface area contributed by atoms with E-state index in [-0.39, 0.29) is 11.9 Å². The van der Waals surface area contributed by atoms with Crippen LogP contribution in [0.15, 0.2) is 22.9 Å². The molecule has 0 unspecified atom stereocenters. The lowest BCUT2D eigenvalue weighted by atomic mass is 9.95. The van der Waals surface area contributed by atoms with Gasteiger partial charge in [0.2, 0.25) is 5.95 Å². The zero-order valence-corrected chi connectivity index (χ0v) is 12.5. The van der Waals surface area contributed by atoms with E-state index in [0.29, 0.717) is 23.2 Å². The fourth-order valence-corrected chi connectivity index (χ4v) is 2.59. The van der Waals surface area contributed by atoms with Gasteiger partial charge >= 0.3 is 0 Å². The van der Waals surface area contributed by atoms with Crippen LogP contribution in [-0.4, -0.2) is 27.1 Å². The van der Waals surface area contributed by atoms with Crippen LogP contribution < -0.4 is 10.6 Å². The highest BCUT2D eigenvalue weighted by Crippen LogP contribution is 2.18. The minimum atomic E-state index is -0.159. The van der Waals surface area contributed by atoms with Crippen LogP contribution in [0.4, 0.5) is 11.8 Å². The minimum Gasteiger partial charge on any atom is -0.360 e. The SMILES string of the molecule is Cc1cc(Nc2nccc(C(=O)NC3CCCCC3)n2)no1. The first kappa shape index (κ1) is 14.5. The van der Waals surface area contributed by atoms with Crippen molar-refractivity contribution in [2.45, 2.75) is 45.1 Å². The summed E-state index contributed by atoms with van der Waals surface area (Å²) >= 11 is 0. The van der Waals surface area contributed by atoms with Gasteiger partial charge < -0.3 is 15.2 Å². The van der Waals surface area contributed by atoms with Crippen molar-refractivity contribution in [1.82, 2.24) is 20.4 Å². The van der Waals surface area contributed by atoms with E-state index < -0.39 is 0 Å². The van der Waals surface area contributed by atoms with E-state index in [9.17, 15) is 4.79 Å². The fraction of sp³-hybridized carbons (Fsp3) is 0.467. The Hall–Kier alpha value is -2.44. The van der Waals surface area contributed by atoms with Crippen LogP contribution in [0.25, 0.3) is 0 Å². The molecule has 0 radical (unpaired) electrons. The predicted octanol–water partition coefficient (Wildman–Crippen LogP) is 2.58. The van der Waals surface area contributed by atoms with E-state index in [4.69, 9.17) is 4.52 Å². The number of carbonyl (C=O) groups excluding carboxylic acids is 1. The van der Waals surface area contributed by atoms with Gasteiger partial charge in [0.25, 0.3) is 5.91 Å². The number of amides is 1. The summed E-state index contributed by atoms with van der Waals surface area (Å²) < 4.78 is 4.97. The molecule has 7 nitrogen and oxygen atoms in total. The van der Waals surface area contributed by atoms with E-state index >= 15 is 0 Å². The minimum absolute atomic E-state index is 0.159. The monoisotopic (exact) mass is 301 g/mol. The summed E-state index contributed by atoms with van der Waals surface area (Å²) in [6.45, 7) is 1.80. The van der Waals surface area contributed by atoms with Gasteiger partial charge in [-0.25, -0.2) is 9.97 Å². The maximum atomic E-state index is 12.3. The molecule has 0 spiro atoms. The normalized spacial score (nSPS) is 15.5. The van der Waals surface area contributed by atoms with Crippen LogP contribution in [0.1, 0.15) is 48.4 Å². The summed E-state index contributed by atoms with van der Waals surface area (Å²) in [6.07, 6.45) is 7.24. The van der Waals surface area contributed by atoms with Crippen LogP contribution >= 0.6 is 0 Å². The molecule has 1 aliphatic carbocycles. The molecule has 0 atom stereocenters. The summed E-state index contributed by atoms with van der Waals surface area (Å²) in [5.41, 5.74) is 0.350. The largest absolute Gasteiger partial charge is 0.360 e. The number of hydrogen-bond acceptors (Lipinski definition) is 6. The number of nitrogens with one attached hydrogen (secondary N) is 2. The molecule has 1 amide bonds. The van der Waals surface area contributed by atoms with Crippen molar-refractivity contribution in [3.8, 4) is 0 Å². The van der Waals surface area contributed by atoms with Gasteiger partial charge in [0.1, 0.15) is 11.5 Å². The molecule has 0 aliphatic heterocycles. The van der Waals surface area contributed by atoms with Gasteiger partial charge in [0.05, 0.1) is 0 Å². The van der Waals surface area contributed by atoms with Crippen molar-refractivity contribution >= 4 is 17.7 Å². The van der Waals surface area contributed by atoms with Gasteiger partial charge in [-0.05, 0) is 25.8 Å². The number of anilines is 2. The van der Waals surface area contributed by atoms with Gasteiger partial charge in [0, 0.05) is 18.3 Å². The second-order valence-corrected chi connectivity index (χ2v) is 5.52. The molecule has 0 aromatic carbocycles. The van der Waals surface area contributed by atoms with Crippen LogP contribution in [0.3, 0.4) is 0 Å². The van der Waals surface area contributed by atoms with Crippen LogP contribution in [0.2, 0.25) is 0 Å². The van der Waals surface area contributed by atoms with E-state index in [1.807, 2.05) is 0 Å². The van der Waals surface area contributed by atoms with Crippen LogP contribution in [0.5, 0.6) is 0 Å². The molecule has 7 heteroatoms. The molecular weight excluding hydrogens is 282 g/mol. The molecule has 1 saturated carbocycles. The molecule has 1 aliphatic rings. The Morgan fingerprint density at radius 3 is 2.86 bits per heavy atom. The third-order valence-electron chi connectivity index (χ3n) is 3.70. The third-order valence-corrected chi connectivity index (χ3v) is 3.70. The molecular formula is C15H19N5O2. The summed E-state index contributed by atoms with van der Waals surface area (Å²) in [7, 11) is 0.